The number of rotatable bonds is 3. The summed E-state index contributed by atoms with van der Waals surface area (Å²) in [6.45, 7) is 0. The Bertz CT molecular complexity index is 1200. The number of amides is 2. The van der Waals surface area contributed by atoms with E-state index < -0.39 is 0 Å². The quantitative estimate of drug-likeness (QED) is 0.497. The molecule has 0 spiro atoms. The molecule has 28 heavy (non-hydrogen) atoms. The molecule has 140 valence electrons. The van der Waals surface area contributed by atoms with Gasteiger partial charge in [0.25, 0.3) is 5.91 Å². The molecule has 3 aromatic heterocycles. The first-order valence-electron chi connectivity index (χ1n) is 8.89. The van der Waals surface area contributed by atoms with E-state index in [1.54, 1.807) is 29.3 Å². The molecular weight excluding hydrogens is 374 g/mol. The van der Waals surface area contributed by atoms with Crippen molar-refractivity contribution in [2.45, 2.75) is 12.3 Å². The van der Waals surface area contributed by atoms with Crippen LogP contribution in [0.4, 0.5) is 11.6 Å². The van der Waals surface area contributed by atoms with E-state index in [1.807, 2.05) is 41.8 Å². The molecule has 0 radical (unpaired) electrons. The van der Waals surface area contributed by atoms with Gasteiger partial charge in [0, 0.05) is 46.9 Å². The van der Waals surface area contributed by atoms with Crippen LogP contribution in [0, 0.1) is 0 Å². The Kier molecular flexibility index (Phi) is 3.80. The Morgan fingerprint density at radius 1 is 1.29 bits per heavy atom. The van der Waals surface area contributed by atoms with Gasteiger partial charge in [-0.2, -0.15) is 5.10 Å². The fourth-order valence-electron chi connectivity index (χ4n) is 3.75. The van der Waals surface area contributed by atoms with Crippen LogP contribution in [-0.4, -0.2) is 26.6 Å². The highest BCUT2D eigenvalue weighted by atomic mass is 32.1. The van der Waals surface area contributed by atoms with Crippen LogP contribution in [0.3, 0.4) is 0 Å². The molecule has 1 aromatic carbocycles. The minimum atomic E-state index is -0.236. The lowest BCUT2D eigenvalue weighted by atomic mass is 9.92. The largest absolute Gasteiger partial charge is 0.360 e. The third-order valence-corrected chi connectivity index (χ3v) is 6.02. The van der Waals surface area contributed by atoms with E-state index in [2.05, 4.69) is 20.7 Å². The maximum absolute atomic E-state index is 13.0. The maximum atomic E-state index is 13.0. The summed E-state index contributed by atoms with van der Waals surface area (Å²) in [6.07, 6.45) is 2.03. The third kappa shape index (κ3) is 2.61. The van der Waals surface area contributed by atoms with Gasteiger partial charge < -0.3 is 15.6 Å². The number of aromatic nitrogens is 3. The minimum Gasteiger partial charge on any atom is -0.360 e. The lowest BCUT2D eigenvalue weighted by Crippen LogP contribution is -2.24. The van der Waals surface area contributed by atoms with Crippen molar-refractivity contribution in [1.29, 1.82) is 0 Å². The summed E-state index contributed by atoms with van der Waals surface area (Å²) < 4.78 is 1.61. The number of nitrogens with one attached hydrogen (secondary N) is 3. The Morgan fingerprint density at radius 3 is 2.96 bits per heavy atom. The fraction of sp³-hybridized carbons (Fsp3) is 0.150. The van der Waals surface area contributed by atoms with Crippen molar-refractivity contribution in [3.05, 3.63) is 64.0 Å². The Labute approximate surface area is 164 Å². The summed E-state index contributed by atoms with van der Waals surface area (Å²) >= 11 is 1.60. The van der Waals surface area contributed by atoms with Crippen LogP contribution in [0.2, 0.25) is 0 Å². The monoisotopic (exact) mass is 391 g/mol. The molecule has 0 aliphatic carbocycles. The van der Waals surface area contributed by atoms with Gasteiger partial charge in [-0.1, -0.05) is 24.3 Å². The predicted octanol–water partition coefficient (Wildman–Crippen LogP) is 3.69. The molecule has 1 atom stereocenters. The molecule has 7 nitrogen and oxygen atoms in total. The number of aryl methyl sites for hydroxylation is 1. The number of carbonyl (C=O) groups excluding carboxylic acids is 2. The second-order valence-corrected chi connectivity index (χ2v) is 7.74. The molecule has 4 aromatic rings. The van der Waals surface area contributed by atoms with Crippen molar-refractivity contribution in [2.75, 3.05) is 10.6 Å². The van der Waals surface area contributed by atoms with Gasteiger partial charge in [0.1, 0.15) is 5.82 Å². The maximum Gasteiger partial charge on any atom is 0.259 e. The molecule has 1 aliphatic rings. The highest BCUT2D eigenvalue weighted by molar-refractivity contribution is 7.10. The summed E-state index contributed by atoms with van der Waals surface area (Å²) in [5, 5.41) is 13.2. The van der Waals surface area contributed by atoms with Gasteiger partial charge in [0.15, 0.2) is 5.82 Å². The predicted molar refractivity (Wildman–Crippen MR) is 109 cm³/mol. The van der Waals surface area contributed by atoms with Crippen LogP contribution in [0.5, 0.6) is 0 Å². The van der Waals surface area contributed by atoms with Crippen molar-refractivity contribution in [1.82, 2.24) is 14.8 Å². The normalized spacial score (nSPS) is 16.0. The van der Waals surface area contributed by atoms with E-state index >= 15 is 0 Å². The second kappa shape index (κ2) is 6.35. The Morgan fingerprint density at radius 2 is 2.14 bits per heavy atom. The molecular formula is C20H17N5O2S. The summed E-state index contributed by atoms with van der Waals surface area (Å²) in [5.41, 5.74) is 2.31. The van der Waals surface area contributed by atoms with E-state index in [4.69, 9.17) is 0 Å². The van der Waals surface area contributed by atoms with Crippen LogP contribution in [-0.2, 0) is 11.8 Å². The van der Waals surface area contributed by atoms with Gasteiger partial charge in [-0.25, -0.2) is 0 Å². The molecule has 1 aliphatic heterocycles. The van der Waals surface area contributed by atoms with Crippen LogP contribution >= 0.6 is 11.3 Å². The number of thiophene rings is 1. The van der Waals surface area contributed by atoms with Gasteiger partial charge in [-0.05, 0) is 17.5 Å². The molecule has 0 unspecified atom stereocenters. The molecule has 0 bridgehead atoms. The number of nitrogens with zero attached hydrogens (tertiary/aromatic N) is 2. The number of anilines is 2. The fourth-order valence-corrected chi connectivity index (χ4v) is 4.59. The smallest absolute Gasteiger partial charge is 0.259 e. The highest BCUT2D eigenvalue weighted by Gasteiger charge is 2.34. The molecule has 5 rings (SSSR count). The lowest BCUT2D eigenvalue weighted by Gasteiger charge is -2.23. The minimum absolute atomic E-state index is 0.0524. The molecule has 0 saturated carbocycles. The van der Waals surface area contributed by atoms with Crippen LogP contribution in [0.15, 0.2) is 48.0 Å². The SMILES string of the molecule is Cn1nc(NC(=O)c2c[nH]c3ccccc23)c2c1NC(=O)C[C@H]2c1cccs1. The lowest BCUT2D eigenvalue weighted by molar-refractivity contribution is -0.116. The standard InChI is InChI=1S/C20H17N5O2S/c1-25-19-17(12(9-16(26)22-19)15-7-4-8-28-15)18(24-25)23-20(27)13-10-21-14-6-3-2-5-11(13)14/h2-8,10,12,21H,9H2,1H3,(H,22,26)(H,23,24,27)/t12-/m0/s1. The average Bonchev–Trinajstić information content (AvgIpc) is 3.41. The van der Waals surface area contributed by atoms with Crippen molar-refractivity contribution in [3.8, 4) is 0 Å². The van der Waals surface area contributed by atoms with E-state index in [1.165, 1.54) is 0 Å². The third-order valence-electron chi connectivity index (χ3n) is 5.03. The molecule has 0 fully saturated rings. The van der Waals surface area contributed by atoms with Crippen LogP contribution < -0.4 is 10.6 Å². The zero-order chi connectivity index (χ0) is 19.3. The zero-order valence-corrected chi connectivity index (χ0v) is 15.8. The highest BCUT2D eigenvalue weighted by Crippen LogP contribution is 2.42. The summed E-state index contributed by atoms with van der Waals surface area (Å²) in [5.74, 6) is 0.689. The van der Waals surface area contributed by atoms with E-state index in [-0.39, 0.29) is 17.7 Å². The first-order chi connectivity index (χ1) is 13.6. The summed E-state index contributed by atoms with van der Waals surface area (Å²) in [7, 11) is 1.76. The Hall–Kier alpha value is -3.39. The molecule has 0 saturated heterocycles. The molecule has 3 N–H and O–H groups in total. The zero-order valence-electron chi connectivity index (χ0n) is 15.0. The molecule has 2 amide bonds. The Balaban J connectivity index is 1.56. The van der Waals surface area contributed by atoms with E-state index in [0.29, 0.717) is 23.6 Å². The number of carbonyl (C=O) groups is 2. The van der Waals surface area contributed by atoms with Gasteiger partial charge in [0.05, 0.1) is 5.56 Å². The average molecular weight is 391 g/mol. The summed E-state index contributed by atoms with van der Waals surface area (Å²) in [6, 6.07) is 11.6. The van der Waals surface area contributed by atoms with Crippen LogP contribution in [0.25, 0.3) is 10.9 Å². The number of H-pyrrole nitrogens is 1. The van der Waals surface area contributed by atoms with Crippen molar-refractivity contribution in [3.63, 3.8) is 0 Å². The van der Waals surface area contributed by atoms with Gasteiger partial charge in [0.2, 0.25) is 5.91 Å². The number of para-hydroxylation sites is 1. The first-order valence-corrected chi connectivity index (χ1v) is 9.77. The number of aromatic amines is 1. The van der Waals surface area contributed by atoms with Gasteiger partial charge in [-0.15, -0.1) is 11.3 Å². The summed E-state index contributed by atoms with van der Waals surface area (Å²) in [4.78, 5) is 29.4. The second-order valence-electron chi connectivity index (χ2n) is 6.76. The molecule has 8 heteroatoms. The van der Waals surface area contributed by atoms with Crippen molar-refractivity contribution in [2.24, 2.45) is 7.05 Å². The van der Waals surface area contributed by atoms with E-state index in [9.17, 15) is 9.59 Å². The number of fused-ring (bicyclic) bond motifs is 2. The van der Waals surface area contributed by atoms with Crippen molar-refractivity contribution < 1.29 is 9.59 Å². The van der Waals surface area contributed by atoms with Gasteiger partial charge >= 0.3 is 0 Å². The topological polar surface area (TPSA) is 91.8 Å². The van der Waals surface area contributed by atoms with Gasteiger partial charge in [-0.3, -0.25) is 14.3 Å². The first kappa shape index (κ1) is 16.8. The van der Waals surface area contributed by atoms with Crippen molar-refractivity contribution >= 4 is 45.7 Å². The molecule has 4 heterocycles. The number of hydrogen-bond donors (Lipinski definition) is 3. The van der Waals surface area contributed by atoms with E-state index in [0.717, 1.165) is 21.3 Å². The van der Waals surface area contributed by atoms with Crippen LogP contribution in [0.1, 0.15) is 33.1 Å². The number of benzene rings is 1. The number of hydrogen-bond acceptors (Lipinski definition) is 4.